The van der Waals surface area contributed by atoms with Gasteiger partial charge in [-0.2, -0.15) is 0 Å². The second-order valence-corrected chi connectivity index (χ2v) is 6.55. The standard InChI is InChI=1S/C16H30N2O2/c1-5-7-13-16(19)18(15(17-13)11(3)4)10-12-8-9-20-14(12)6-2/h11-15,17H,5-10H2,1-4H3. The van der Waals surface area contributed by atoms with Crippen molar-refractivity contribution in [1.29, 1.82) is 0 Å². The summed E-state index contributed by atoms with van der Waals surface area (Å²) in [7, 11) is 0. The van der Waals surface area contributed by atoms with E-state index in [0.717, 1.165) is 38.8 Å². The van der Waals surface area contributed by atoms with Gasteiger partial charge in [-0.25, -0.2) is 0 Å². The molecule has 116 valence electrons. The molecule has 2 aliphatic heterocycles. The fourth-order valence-electron chi connectivity index (χ4n) is 3.56. The normalized spacial score (nSPS) is 34.5. The lowest BCUT2D eigenvalue weighted by molar-refractivity contribution is -0.131. The molecule has 0 spiro atoms. The zero-order valence-electron chi connectivity index (χ0n) is 13.4. The second-order valence-electron chi connectivity index (χ2n) is 6.55. The Morgan fingerprint density at radius 1 is 1.40 bits per heavy atom. The van der Waals surface area contributed by atoms with Gasteiger partial charge in [0.25, 0.3) is 0 Å². The van der Waals surface area contributed by atoms with Crippen molar-refractivity contribution >= 4 is 5.91 Å². The summed E-state index contributed by atoms with van der Waals surface area (Å²) in [5.74, 6) is 1.25. The van der Waals surface area contributed by atoms with Gasteiger partial charge in [0, 0.05) is 19.1 Å². The van der Waals surface area contributed by atoms with Crippen LogP contribution in [-0.4, -0.2) is 42.3 Å². The van der Waals surface area contributed by atoms with Crippen LogP contribution in [0.5, 0.6) is 0 Å². The van der Waals surface area contributed by atoms with Crippen molar-refractivity contribution in [2.24, 2.45) is 11.8 Å². The number of carbonyl (C=O) groups is 1. The van der Waals surface area contributed by atoms with Gasteiger partial charge in [0.05, 0.1) is 18.3 Å². The monoisotopic (exact) mass is 282 g/mol. The quantitative estimate of drug-likeness (QED) is 0.813. The van der Waals surface area contributed by atoms with Gasteiger partial charge < -0.3 is 9.64 Å². The number of ether oxygens (including phenoxy) is 1. The Balaban J connectivity index is 2.04. The third kappa shape index (κ3) is 3.17. The first kappa shape index (κ1) is 15.8. The Labute approximate surface area is 123 Å². The lowest BCUT2D eigenvalue weighted by Gasteiger charge is -2.30. The predicted molar refractivity (Wildman–Crippen MR) is 80.3 cm³/mol. The second kappa shape index (κ2) is 6.90. The van der Waals surface area contributed by atoms with Gasteiger partial charge in [0.1, 0.15) is 0 Å². The van der Waals surface area contributed by atoms with Crippen LogP contribution in [0.15, 0.2) is 0 Å². The van der Waals surface area contributed by atoms with Crippen LogP contribution in [0.3, 0.4) is 0 Å². The van der Waals surface area contributed by atoms with Gasteiger partial charge in [0.15, 0.2) is 0 Å². The smallest absolute Gasteiger partial charge is 0.241 e. The highest BCUT2D eigenvalue weighted by atomic mass is 16.5. The molecular formula is C16H30N2O2. The van der Waals surface area contributed by atoms with Crippen LogP contribution < -0.4 is 5.32 Å². The molecular weight excluding hydrogens is 252 g/mol. The van der Waals surface area contributed by atoms with Crippen molar-refractivity contribution < 1.29 is 9.53 Å². The topological polar surface area (TPSA) is 41.6 Å². The summed E-state index contributed by atoms with van der Waals surface area (Å²) < 4.78 is 5.77. The molecule has 0 aromatic heterocycles. The summed E-state index contributed by atoms with van der Waals surface area (Å²) in [5.41, 5.74) is 0. The number of carbonyl (C=O) groups excluding carboxylic acids is 1. The van der Waals surface area contributed by atoms with Gasteiger partial charge in [-0.05, 0) is 25.2 Å². The first-order valence-electron chi connectivity index (χ1n) is 8.26. The van der Waals surface area contributed by atoms with Crippen LogP contribution >= 0.6 is 0 Å². The van der Waals surface area contributed by atoms with Crippen molar-refractivity contribution in [2.45, 2.75) is 71.7 Å². The highest BCUT2D eigenvalue weighted by Gasteiger charge is 2.42. The SMILES string of the molecule is CCCC1NC(C(C)C)N(CC2CCOC2CC)C1=O. The van der Waals surface area contributed by atoms with Crippen LogP contribution in [0.25, 0.3) is 0 Å². The van der Waals surface area contributed by atoms with Crippen LogP contribution in [-0.2, 0) is 9.53 Å². The van der Waals surface area contributed by atoms with E-state index in [1.807, 2.05) is 0 Å². The Hall–Kier alpha value is -0.610. The number of nitrogens with one attached hydrogen (secondary N) is 1. The molecule has 0 aliphatic carbocycles. The van der Waals surface area contributed by atoms with Gasteiger partial charge >= 0.3 is 0 Å². The average Bonchev–Trinajstić information content (AvgIpc) is 2.98. The van der Waals surface area contributed by atoms with Crippen molar-refractivity contribution in [3.05, 3.63) is 0 Å². The summed E-state index contributed by atoms with van der Waals surface area (Å²) in [6, 6.07) is 0.0230. The Bertz CT molecular complexity index is 332. The van der Waals surface area contributed by atoms with Gasteiger partial charge in [-0.1, -0.05) is 34.1 Å². The van der Waals surface area contributed by atoms with E-state index in [4.69, 9.17) is 4.74 Å². The molecule has 0 bridgehead atoms. The summed E-state index contributed by atoms with van der Waals surface area (Å²) in [5, 5.41) is 3.53. The molecule has 2 fully saturated rings. The van der Waals surface area contributed by atoms with E-state index >= 15 is 0 Å². The van der Waals surface area contributed by atoms with Crippen molar-refractivity contribution in [2.75, 3.05) is 13.2 Å². The lowest BCUT2D eigenvalue weighted by atomic mass is 9.98. The molecule has 1 N–H and O–H groups in total. The molecule has 0 saturated carbocycles. The van der Waals surface area contributed by atoms with Crippen LogP contribution in [0.1, 0.15) is 53.4 Å². The maximum Gasteiger partial charge on any atom is 0.241 e. The first-order valence-corrected chi connectivity index (χ1v) is 8.26. The summed E-state index contributed by atoms with van der Waals surface area (Å²) in [6.07, 6.45) is 4.65. The summed E-state index contributed by atoms with van der Waals surface area (Å²) >= 11 is 0. The molecule has 4 heteroatoms. The average molecular weight is 282 g/mol. The molecule has 2 rings (SSSR count). The number of rotatable bonds is 6. The van der Waals surface area contributed by atoms with Gasteiger partial charge in [-0.15, -0.1) is 0 Å². The number of hydrogen-bond donors (Lipinski definition) is 1. The molecule has 4 nitrogen and oxygen atoms in total. The van der Waals surface area contributed by atoms with E-state index in [-0.39, 0.29) is 12.2 Å². The number of amides is 1. The molecule has 0 aromatic carbocycles. The van der Waals surface area contributed by atoms with Crippen LogP contribution in [0.4, 0.5) is 0 Å². The van der Waals surface area contributed by atoms with Crippen molar-refractivity contribution in [3.63, 3.8) is 0 Å². The third-order valence-electron chi connectivity index (χ3n) is 4.68. The molecule has 4 unspecified atom stereocenters. The Kier molecular flexibility index (Phi) is 5.44. The van der Waals surface area contributed by atoms with Crippen LogP contribution in [0.2, 0.25) is 0 Å². The summed E-state index contributed by atoms with van der Waals surface area (Å²) in [4.78, 5) is 14.7. The number of nitrogens with zero attached hydrogens (tertiary/aromatic N) is 1. The summed E-state index contributed by atoms with van der Waals surface area (Å²) in [6.45, 7) is 10.4. The molecule has 20 heavy (non-hydrogen) atoms. The maximum absolute atomic E-state index is 12.6. The van der Waals surface area contributed by atoms with E-state index in [9.17, 15) is 4.79 Å². The Morgan fingerprint density at radius 3 is 2.75 bits per heavy atom. The molecule has 4 atom stereocenters. The number of hydrogen-bond acceptors (Lipinski definition) is 3. The minimum absolute atomic E-state index is 0.0230. The van der Waals surface area contributed by atoms with Gasteiger partial charge in [0.2, 0.25) is 5.91 Å². The zero-order valence-corrected chi connectivity index (χ0v) is 13.4. The van der Waals surface area contributed by atoms with Crippen molar-refractivity contribution in [1.82, 2.24) is 10.2 Å². The molecule has 2 heterocycles. The van der Waals surface area contributed by atoms with E-state index in [0.29, 0.717) is 23.8 Å². The molecule has 1 amide bonds. The molecule has 0 radical (unpaired) electrons. The first-order chi connectivity index (χ1) is 9.58. The molecule has 2 saturated heterocycles. The lowest BCUT2D eigenvalue weighted by Crippen LogP contribution is -2.44. The van der Waals surface area contributed by atoms with Gasteiger partial charge in [-0.3, -0.25) is 10.1 Å². The van der Waals surface area contributed by atoms with E-state index in [1.165, 1.54) is 0 Å². The molecule has 0 aromatic rings. The fourth-order valence-corrected chi connectivity index (χ4v) is 3.56. The maximum atomic E-state index is 12.6. The van der Waals surface area contributed by atoms with E-state index in [2.05, 4.69) is 37.9 Å². The van der Waals surface area contributed by atoms with Crippen LogP contribution in [0, 0.1) is 11.8 Å². The van der Waals surface area contributed by atoms with E-state index < -0.39 is 0 Å². The highest BCUT2D eigenvalue weighted by molar-refractivity contribution is 5.84. The fraction of sp³-hybridized carbons (Fsp3) is 0.938. The molecule has 2 aliphatic rings. The highest BCUT2D eigenvalue weighted by Crippen LogP contribution is 2.28. The largest absolute Gasteiger partial charge is 0.378 e. The third-order valence-corrected chi connectivity index (χ3v) is 4.68. The Morgan fingerprint density at radius 2 is 2.15 bits per heavy atom. The predicted octanol–water partition coefficient (Wildman–Crippen LogP) is 2.38. The van der Waals surface area contributed by atoms with E-state index in [1.54, 1.807) is 0 Å². The van der Waals surface area contributed by atoms with Crippen molar-refractivity contribution in [3.8, 4) is 0 Å². The zero-order chi connectivity index (χ0) is 14.7. The minimum Gasteiger partial charge on any atom is -0.378 e. The minimum atomic E-state index is 0.0230.